The normalized spacial score (nSPS) is 12.9. The van der Waals surface area contributed by atoms with Gasteiger partial charge in [-0.2, -0.15) is 0 Å². The molecule has 0 saturated heterocycles. The number of unbranched alkanes of at least 4 members (excludes halogenated alkanes) is 26. The maximum absolute atomic E-state index is 12.8. The van der Waals surface area contributed by atoms with Crippen LogP contribution in [0.4, 0.5) is 0 Å². The number of carbonyl (C=O) groups is 3. The van der Waals surface area contributed by atoms with Gasteiger partial charge in [0.1, 0.15) is 13.2 Å². The molecule has 0 aromatic heterocycles. The minimum Gasteiger partial charge on any atom is -0.462 e. The van der Waals surface area contributed by atoms with E-state index in [0.717, 1.165) is 109 Å². The highest BCUT2D eigenvalue weighted by Gasteiger charge is 2.19. The molecular weight excluding hydrogens is 913 g/mol. The highest BCUT2D eigenvalue weighted by molar-refractivity contribution is 5.71. The van der Waals surface area contributed by atoms with Crippen LogP contribution in [0.3, 0.4) is 0 Å². The Bertz CT molecular complexity index is 1510. The highest BCUT2D eigenvalue weighted by atomic mass is 16.6. The smallest absolute Gasteiger partial charge is 0.306 e. The van der Waals surface area contributed by atoms with Crippen molar-refractivity contribution >= 4 is 17.9 Å². The first kappa shape index (κ1) is 70.1. The molecule has 0 aromatic rings. The van der Waals surface area contributed by atoms with Crippen molar-refractivity contribution in [3.05, 3.63) is 109 Å². The largest absolute Gasteiger partial charge is 0.462 e. The van der Waals surface area contributed by atoms with E-state index in [9.17, 15) is 14.4 Å². The Balaban J connectivity index is 4.25. The second-order valence-corrected chi connectivity index (χ2v) is 20.2. The Labute approximate surface area is 457 Å². The second-order valence-electron chi connectivity index (χ2n) is 20.2. The predicted octanol–water partition coefficient (Wildman–Crippen LogP) is 21.0. The van der Waals surface area contributed by atoms with E-state index in [1.54, 1.807) is 0 Å². The maximum Gasteiger partial charge on any atom is 0.306 e. The summed E-state index contributed by atoms with van der Waals surface area (Å²) in [5, 5.41) is 0. The number of rotatable bonds is 55. The lowest BCUT2D eigenvalue weighted by Crippen LogP contribution is -2.30. The van der Waals surface area contributed by atoms with Crippen LogP contribution in [0, 0.1) is 0 Å². The summed E-state index contributed by atoms with van der Waals surface area (Å²) in [5.41, 5.74) is 0. The minimum absolute atomic E-state index is 0.104. The molecule has 0 fully saturated rings. The molecule has 0 N–H and O–H groups in total. The van der Waals surface area contributed by atoms with Crippen LogP contribution in [0.1, 0.15) is 284 Å². The number of esters is 3. The van der Waals surface area contributed by atoms with Gasteiger partial charge in [0.25, 0.3) is 0 Å². The van der Waals surface area contributed by atoms with Crippen LogP contribution in [-0.4, -0.2) is 37.2 Å². The van der Waals surface area contributed by atoms with Crippen LogP contribution in [0.15, 0.2) is 109 Å². The monoisotopic (exact) mass is 1030 g/mol. The SMILES string of the molecule is CC/C=C\C/C=C\C/C=C\C/C=C\C/C=C\CCCC(=O)OC(COC(=O)CCCCCCC/C=C\CCC)COC(=O)CCCCCCCCCCCCCCCC/C=C\C/C=C\C/C=C\CCCCCCC. The van der Waals surface area contributed by atoms with Gasteiger partial charge in [-0.15, -0.1) is 0 Å². The van der Waals surface area contributed by atoms with E-state index in [1.165, 1.54) is 128 Å². The van der Waals surface area contributed by atoms with Crippen molar-refractivity contribution in [1.29, 1.82) is 0 Å². The molecule has 0 aliphatic heterocycles. The molecule has 0 aliphatic rings. The number of carbonyl (C=O) groups excluding carboxylic acids is 3. The molecule has 1 atom stereocenters. The Hall–Kier alpha value is -3.93. The third-order valence-electron chi connectivity index (χ3n) is 13.0. The molecule has 6 nitrogen and oxygen atoms in total. The number of ether oxygens (including phenoxy) is 3. The quantitative estimate of drug-likeness (QED) is 0.0261. The first-order valence-electron chi connectivity index (χ1n) is 30.9. The molecule has 0 amide bonds. The van der Waals surface area contributed by atoms with Gasteiger partial charge in [-0.1, -0.05) is 259 Å². The predicted molar refractivity (Wildman–Crippen MR) is 320 cm³/mol. The molecule has 0 rings (SSSR count). The summed E-state index contributed by atoms with van der Waals surface area (Å²) in [7, 11) is 0. The van der Waals surface area contributed by atoms with Crippen molar-refractivity contribution < 1.29 is 28.6 Å². The van der Waals surface area contributed by atoms with E-state index in [4.69, 9.17) is 14.2 Å². The molecule has 0 spiro atoms. The lowest BCUT2D eigenvalue weighted by Gasteiger charge is -2.18. The molecule has 0 aromatic carbocycles. The van der Waals surface area contributed by atoms with E-state index in [-0.39, 0.29) is 37.5 Å². The van der Waals surface area contributed by atoms with Crippen molar-refractivity contribution in [2.24, 2.45) is 0 Å². The lowest BCUT2D eigenvalue weighted by molar-refractivity contribution is -0.167. The summed E-state index contributed by atoms with van der Waals surface area (Å²) in [6, 6.07) is 0. The first-order chi connectivity index (χ1) is 36.5. The van der Waals surface area contributed by atoms with Crippen molar-refractivity contribution in [2.75, 3.05) is 13.2 Å². The summed E-state index contributed by atoms with van der Waals surface area (Å²) in [6.07, 6.45) is 84.0. The fourth-order valence-corrected chi connectivity index (χ4v) is 8.37. The van der Waals surface area contributed by atoms with Crippen molar-refractivity contribution in [3.8, 4) is 0 Å². The van der Waals surface area contributed by atoms with E-state index in [0.29, 0.717) is 19.3 Å². The van der Waals surface area contributed by atoms with E-state index >= 15 is 0 Å². The summed E-state index contributed by atoms with van der Waals surface area (Å²) in [5.74, 6) is -0.973. The number of hydrogen-bond donors (Lipinski definition) is 0. The van der Waals surface area contributed by atoms with Gasteiger partial charge in [0.15, 0.2) is 6.10 Å². The molecule has 0 bridgehead atoms. The van der Waals surface area contributed by atoms with Crippen LogP contribution in [0.25, 0.3) is 0 Å². The van der Waals surface area contributed by atoms with Gasteiger partial charge in [0.05, 0.1) is 0 Å². The first-order valence-corrected chi connectivity index (χ1v) is 30.9. The Morgan fingerprint density at radius 3 is 0.932 bits per heavy atom. The lowest BCUT2D eigenvalue weighted by atomic mass is 10.0. The van der Waals surface area contributed by atoms with E-state index in [2.05, 4.69) is 130 Å². The molecule has 1 unspecified atom stereocenters. The van der Waals surface area contributed by atoms with Crippen molar-refractivity contribution in [1.82, 2.24) is 0 Å². The molecular formula is C68H114O6. The van der Waals surface area contributed by atoms with Crippen molar-refractivity contribution in [3.63, 3.8) is 0 Å². The molecule has 0 aliphatic carbocycles. The average Bonchev–Trinajstić information content (AvgIpc) is 3.40. The van der Waals surface area contributed by atoms with Crippen LogP contribution in [0.2, 0.25) is 0 Å². The Kier molecular flexibility index (Phi) is 58.3. The topological polar surface area (TPSA) is 78.9 Å². The highest BCUT2D eigenvalue weighted by Crippen LogP contribution is 2.15. The summed E-state index contributed by atoms with van der Waals surface area (Å²) in [4.78, 5) is 38.1. The number of allylic oxidation sites excluding steroid dienone is 18. The third-order valence-corrected chi connectivity index (χ3v) is 13.0. The van der Waals surface area contributed by atoms with Crippen LogP contribution in [0.5, 0.6) is 0 Å². The zero-order chi connectivity index (χ0) is 53.6. The molecule has 0 heterocycles. The van der Waals surface area contributed by atoms with E-state index in [1.807, 2.05) is 0 Å². The standard InChI is InChI=1S/C68H114O6/c1-4-7-10-13-16-19-22-24-26-28-29-30-31-32-33-34-35-36-37-38-39-41-42-44-46-49-52-55-58-61-67(70)73-64-65(63-72-66(69)60-57-54-51-48-21-18-15-12-9-6-3)74-68(71)62-59-56-53-50-47-45-43-40-27-25-23-20-17-14-11-8-5-2/h8,11-12,15,17,20,22,24-25,27-29,31-32,43,45,50,53,65H,4-7,9-10,13-14,16,18-19,21,23,26,30,33-42,44,46-49,51-52,54-64H2,1-3H3/b11-8-,15-12-,20-17-,24-22-,27-25-,29-28-,32-31-,45-43-,53-50-. The van der Waals surface area contributed by atoms with Crippen LogP contribution >= 0.6 is 0 Å². The molecule has 422 valence electrons. The fourth-order valence-electron chi connectivity index (χ4n) is 8.37. The zero-order valence-corrected chi connectivity index (χ0v) is 48.3. The third kappa shape index (κ3) is 59.0. The summed E-state index contributed by atoms with van der Waals surface area (Å²) < 4.78 is 16.8. The van der Waals surface area contributed by atoms with E-state index < -0.39 is 6.10 Å². The van der Waals surface area contributed by atoms with Crippen LogP contribution in [-0.2, 0) is 28.6 Å². The Morgan fingerprint density at radius 2 is 0.568 bits per heavy atom. The average molecular weight is 1030 g/mol. The molecule has 0 radical (unpaired) electrons. The van der Waals surface area contributed by atoms with Gasteiger partial charge >= 0.3 is 17.9 Å². The van der Waals surface area contributed by atoms with Gasteiger partial charge in [-0.25, -0.2) is 0 Å². The summed E-state index contributed by atoms with van der Waals surface area (Å²) >= 11 is 0. The fraction of sp³-hybridized carbons (Fsp3) is 0.691. The molecule has 74 heavy (non-hydrogen) atoms. The van der Waals surface area contributed by atoms with Crippen molar-refractivity contribution in [2.45, 2.75) is 290 Å². The summed E-state index contributed by atoms with van der Waals surface area (Å²) in [6.45, 7) is 6.40. The van der Waals surface area contributed by atoms with Gasteiger partial charge in [0, 0.05) is 19.3 Å². The van der Waals surface area contributed by atoms with Gasteiger partial charge in [-0.3, -0.25) is 14.4 Å². The van der Waals surface area contributed by atoms with Crippen LogP contribution < -0.4 is 0 Å². The van der Waals surface area contributed by atoms with Gasteiger partial charge < -0.3 is 14.2 Å². The second kappa shape index (κ2) is 61.6. The number of hydrogen-bond acceptors (Lipinski definition) is 6. The Morgan fingerprint density at radius 1 is 0.284 bits per heavy atom. The molecule has 0 saturated carbocycles. The molecule has 6 heteroatoms. The zero-order valence-electron chi connectivity index (χ0n) is 48.3. The van der Waals surface area contributed by atoms with Gasteiger partial charge in [0.2, 0.25) is 0 Å². The minimum atomic E-state index is -0.812. The van der Waals surface area contributed by atoms with Gasteiger partial charge in [-0.05, 0) is 116 Å². The maximum atomic E-state index is 12.8.